The zero-order chi connectivity index (χ0) is 16.6. The van der Waals surface area contributed by atoms with E-state index in [1.807, 2.05) is 0 Å². The number of phosphoric ester groups is 1. The maximum Gasteiger partial charge on any atom is 0.683 e. The maximum absolute atomic E-state index is 12.0. The van der Waals surface area contributed by atoms with Gasteiger partial charge in [0.05, 0.1) is 18.2 Å². The Bertz CT molecular complexity index is 489. The summed E-state index contributed by atoms with van der Waals surface area (Å²) in [7, 11) is -13.0. The molecule has 2 rings (SSSR count). The molecule has 6 N–H and O–H groups in total. The van der Waals surface area contributed by atoms with Crippen molar-refractivity contribution in [2.24, 2.45) is 0 Å². The van der Waals surface area contributed by atoms with Crippen molar-refractivity contribution in [1.29, 1.82) is 0 Å². The Morgan fingerprint density at radius 2 is 1.73 bits per heavy atom. The van der Waals surface area contributed by atoms with Crippen LogP contribution in [0.3, 0.4) is 0 Å². The average molecular weight is 380 g/mol. The van der Waals surface area contributed by atoms with E-state index in [-0.39, 0.29) is 12.1 Å². The quantitative estimate of drug-likeness (QED) is 0.398. The summed E-state index contributed by atoms with van der Waals surface area (Å²) in [5.41, 5.74) is 0. The molecule has 0 aromatic rings. The van der Waals surface area contributed by atoms with Crippen molar-refractivity contribution in [3.63, 3.8) is 0 Å². The van der Waals surface area contributed by atoms with Crippen LogP contribution in [0, 0.1) is 0 Å². The van der Waals surface area contributed by atoms with Gasteiger partial charge in [-0.2, -0.15) is 9.46 Å². The van der Waals surface area contributed by atoms with Crippen LogP contribution in [0.1, 0.15) is 39.5 Å². The van der Waals surface area contributed by atoms with Gasteiger partial charge < -0.3 is 9.79 Å². The third-order valence-corrected chi connectivity index (χ3v) is 8.77. The monoisotopic (exact) mass is 380 g/mol. The number of rotatable bonds is 6. The predicted molar refractivity (Wildman–Crippen MR) is 80.9 cm³/mol. The van der Waals surface area contributed by atoms with Gasteiger partial charge in [0.1, 0.15) is 0 Å². The second kappa shape index (κ2) is 6.82. The molecular weight excluding hydrogens is 357 g/mol. The van der Waals surface area contributed by atoms with Gasteiger partial charge in [-0.15, -0.1) is 14.5 Å². The number of phosphoric acid groups is 1. The summed E-state index contributed by atoms with van der Waals surface area (Å²) < 4.78 is 37.3. The van der Waals surface area contributed by atoms with E-state index in [1.165, 1.54) is 13.8 Å². The van der Waals surface area contributed by atoms with Crippen LogP contribution in [-0.4, -0.2) is 32.9 Å². The smallest absolute Gasteiger partial charge is 0.365 e. The molecule has 1 saturated heterocycles. The Kier molecular flexibility index (Phi) is 5.86. The van der Waals surface area contributed by atoms with Crippen LogP contribution in [0.4, 0.5) is 0 Å². The zero-order valence-electron chi connectivity index (χ0n) is 12.3. The Morgan fingerprint density at radius 1 is 1.23 bits per heavy atom. The molecule has 2 aliphatic rings. The minimum absolute atomic E-state index is 0.0417. The van der Waals surface area contributed by atoms with Crippen LogP contribution in [0.5, 0.6) is 0 Å². The molecule has 4 atom stereocenters. The van der Waals surface area contributed by atoms with Crippen LogP contribution in [0.25, 0.3) is 0 Å². The van der Waals surface area contributed by atoms with Crippen molar-refractivity contribution in [3.8, 4) is 0 Å². The number of fused-ring (bicyclic) bond motifs is 1. The van der Waals surface area contributed by atoms with Crippen LogP contribution in [0.2, 0.25) is 0 Å². The summed E-state index contributed by atoms with van der Waals surface area (Å²) in [6.07, 6.45) is 2.97. The Hall–Kier alpha value is 0.570. The first kappa shape index (κ1) is 18.9. The first-order chi connectivity index (χ1) is 10.0. The summed E-state index contributed by atoms with van der Waals surface area (Å²) in [6, 6.07) is -0.0835. The van der Waals surface area contributed by atoms with E-state index in [9.17, 15) is 18.9 Å². The molecular formula is C9H23N2O8P3+2. The summed E-state index contributed by atoms with van der Waals surface area (Å²) in [4.78, 5) is 27.2. The minimum Gasteiger partial charge on any atom is -0.365 e. The van der Waals surface area contributed by atoms with E-state index in [1.54, 1.807) is 0 Å². The van der Waals surface area contributed by atoms with Crippen LogP contribution in [-0.2, 0) is 22.3 Å². The molecule has 0 aromatic carbocycles. The van der Waals surface area contributed by atoms with Crippen molar-refractivity contribution in [2.75, 3.05) is 0 Å². The van der Waals surface area contributed by atoms with Crippen molar-refractivity contribution in [2.45, 2.75) is 57.7 Å². The Balaban J connectivity index is 1.99. The highest BCUT2D eigenvalue weighted by molar-refractivity contribution is 7.72. The predicted octanol–water partition coefficient (Wildman–Crippen LogP) is 1.55. The summed E-state index contributed by atoms with van der Waals surface area (Å²) in [6.45, 7) is 2.96. The number of hydrogen-bond donors (Lipinski definition) is 4. The largest absolute Gasteiger partial charge is 0.683 e. The van der Waals surface area contributed by atoms with Crippen LogP contribution in [0.15, 0.2) is 0 Å². The lowest BCUT2D eigenvalue weighted by atomic mass is 9.92. The highest BCUT2D eigenvalue weighted by atomic mass is 31.3. The average Bonchev–Trinajstić information content (AvgIpc) is 2.58. The molecule has 1 aliphatic carbocycles. The molecule has 0 bridgehead atoms. The van der Waals surface area contributed by atoms with E-state index in [0.29, 0.717) is 0 Å². The van der Waals surface area contributed by atoms with E-state index in [0.717, 1.165) is 25.7 Å². The summed E-state index contributed by atoms with van der Waals surface area (Å²) in [5, 5.41) is 5.60. The molecule has 2 unspecified atom stereocenters. The fraction of sp³-hybridized carbons (Fsp3) is 1.00. The number of hydrogen-bond acceptors (Lipinski definition) is 8. The van der Waals surface area contributed by atoms with E-state index >= 15 is 0 Å². The summed E-state index contributed by atoms with van der Waals surface area (Å²) >= 11 is 0. The first-order valence-corrected chi connectivity index (χ1v) is 11.7. The van der Waals surface area contributed by atoms with Gasteiger partial charge in [0.25, 0.3) is 0 Å². The molecule has 0 aromatic heterocycles. The molecule has 2 fully saturated rings. The summed E-state index contributed by atoms with van der Waals surface area (Å²) in [5.74, 6) is 0. The molecule has 10 nitrogen and oxygen atoms in total. The SMILES string of the molecule is CC(C)OP(=O)(O)OP(=O)([OH2+])O[P+]1(O)N[C@H]2CCCC[C@@H]2N1. The molecule has 1 aliphatic heterocycles. The van der Waals surface area contributed by atoms with Gasteiger partial charge in [0.15, 0.2) is 0 Å². The molecule has 130 valence electrons. The first-order valence-electron chi connectivity index (χ1n) is 6.97. The van der Waals surface area contributed by atoms with Gasteiger partial charge in [-0.3, -0.25) is 4.52 Å². The van der Waals surface area contributed by atoms with Crippen molar-refractivity contribution < 1.29 is 37.0 Å². The lowest BCUT2D eigenvalue weighted by molar-refractivity contribution is 0.147. The molecule has 1 saturated carbocycles. The van der Waals surface area contributed by atoms with Gasteiger partial charge in [0.2, 0.25) is 0 Å². The van der Waals surface area contributed by atoms with Crippen LogP contribution >= 0.6 is 23.7 Å². The second-order valence-electron chi connectivity index (χ2n) is 5.62. The van der Waals surface area contributed by atoms with Crippen molar-refractivity contribution >= 4 is 23.7 Å². The highest BCUT2D eigenvalue weighted by Gasteiger charge is 2.62. The van der Waals surface area contributed by atoms with Gasteiger partial charge in [-0.05, 0) is 31.0 Å². The lowest BCUT2D eigenvalue weighted by Crippen LogP contribution is -2.36. The molecule has 22 heavy (non-hydrogen) atoms. The molecule has 0 amide bonds. The molecule has 0 radical (unpaired) electrons. The third-order valence-electron chi connectivity index (χ3n) is 3.23. The maximum atomic E-state index is 12.0. The molecule has 1 heterocycles. The second-order valence-corrected chi connectivity index (χ2v) is 10.7. The fourth-order valence-electron chi connectivity index (χ4n) is 2.57. The van der Waals surface area contributed by atoms with Crippen LogP contribution < -0.4 is 10.2 Å². The standard InChI is InChI=1S/C9H21N2O8P3/c1-7(2)17-21(13,14)19-22(15,16)18-20(12)10-8-5-3-4-6-9(8)11-20/h7-12H,3-6H2,1-2H3,(H-,13,14,15,16)/p+2/t8-,9-/m0/s1. The normalized spacial score (nSPS) is 33.2. The van der Waals surface area contributed by atoms with Gasteiger partial charge in [-0.1, -0.05) is 12.8 Å². The Labute approximate surface area is 129 Å². The van der Waals surface area contributed by atoms with Gasteiger partial charge >= 0.3 is 23.7 Å². The molecule has 0 spiro atoms. The Morgan fingerprint density at radius 3 is 2.18 bits per heavy atom. The molecule has 13 heteroatoms. The minimum atomic E-state index is -4.75. The van der Waals surface area contributed by atoms with Crippen molar-refractivity contribution in [3.05, 3.63) is 0 Å². The lowest BCUT2D eigenvalue weighted by Gasteiger charge is -2.19. The zero-order valence-corrected chi connectivity index (χ0v) is 15.0. The van der Waals surface area contributed by atoms with Gasteiger partial charge in [0, 0.05) is 0 Å². The highest BCUT2D eigenvalue weighted by Crippen LogP contribution is 2.70. The topological polar surface area (TPSA) is 149 Å². The van der Waals surface area contributed by atoms with E-state index in [2.05, 4.69) is 19.0 Å². The van der Waals surface area contributed by atoms with Crippen molar-refractivity contribution in [1.82, 2.24) is 10.2 Å². The third kappa shape index (κ3) is 5.30. The fourth-order valence-corrected chi connectivity index (χ4v) is 7.94. The number of nitrogens with one attached hydrogen (secondary N) is 2. The van der Waals surface area contributed by atoms with Gasteiger partial charge in [-0.25, -0.2) is 4.57 Å². The van der Waals surface area contributed by atoms with E-state index < -0.39 is 29.8 Å². The van der Waals surface area contributed by atoms with E-state index in [4.69, 9.17) is 9.20 Å².